The van der Waals surface area contributed by atoms with Gasteiger partial charge in [0.05, 0.1) is 11.8 Å². The van der Waals surface area contributed by atoms with Crippen LogP contribution in [0.1, 0.15) is 36.0 Å². The molecule has 2 aromatic rings. The van der Waals surface area contributed by atoms with E-state index in [2.05, 4.69) is 20.9 Å². The summed E-state index contributed by atoms with van der Waals surface area (Å²) < 4.78 is 13.8. The number of hydrogen-bond acceptors (Lipinski definition) is 5. The smallest absolute Gasteiger partial charge is 0.404 e. The summed E-state index contributed by atoms with van der Waals surface area (Å²) in [5, 5.41) is 17.3. The minimum atomic E-state index is -1.04. The maximum atomic E-state index is 13.8. The molecule has 0 saturated heterocycles. The highest BCUT2D eigenvalue weighted by Gasteiger charge is 2.25. The van der Waals surface area contributed by atoms with Gasteiger partial charge in [0, 0.05) is 22.7 Å². The van der Waals surface area contributed by atoms with Crippen molar-refractivity contribution in [3.63, 3.8) is 0 Å². The minimum absolute atomic E-state index is 0.0923. The van der Waals surface area contributed by atoms with Crippen LogP contribution in [0.15, 0.2) is 41.4 Å². The van der Waals surface area contributed by atoms with Crippen molar-refractivity contribution in [3.05, 3.63) is 47.9 Å². The lowest BCUT2D eigenvalue weighted by atomic mass is 9.91. The van der Waals surface area contributed by atoms with E-state index < -0.39 is 17.8 Å². The largest absolute Gasteiger partial charge is 0.465 e. The number of nitrogens with one attached hydrogen (secondary N) is 3. The first-order chi connectivity index (χ1) is 13.9. The summed E-state index contributed by atoms with van der Waals surface area (Å²) in [5.41, 5.74) is 0.885. The fourth-order valence-electron chi connectivity index (χ4n) is 3.37. The zero-order valence-corrected chi connectivity index (χ0v) is 16.8. The highest BCUT2D eigenvalue weighted by atomic mass is 32.2. The van der Waals surface area contributed by atoms with Crippen LogP contribution in [-0.2, 0) is 0 Å². The van der Waals surface area contributed by atoms with Crippen molar-refractivity contribution in [2.24, 2.45) is 0 Å². The Morgan fingerprint density at radius 2 is 1.83 bits per heavy atom. The Balaban J connectivity index is 1.68. The lowest BCUT2D eigenvalue weighted by molar-refractivity contribution is 0.0923. The Morgan fingerprint density at radius 1 is 1.14 bits per heavy atom. The first-order valence-corrected chi connectivity index (χ1v) is 10.5. The number of thioether (sulfide) groups is 1. The zero-order chi connectivity index (χ0) is 20.8. The van der Waals surface area contributed by atoms with Gasteiger partial charge in [-0.1, -0.05) is 6.07 Å². The molecule has 0 spiro atoms. The molecule has 1 fully saturated rings. The maximum Gasteiger partial charge on any atom is 0.404 e. The van der Waals surface area contributed by atoms with Gasteiger partial charge in [-0.15, -0.1) is 11.8 Å². The molecule has 29 heavy (non-hydrogen) atoms. The van der Waals surface area contributed by atoms with Gasteiger partial charge in [0.25, 0.3) is 5.91 Å². The number of benzene rings is 1. The van der Waals surface area contributed by atoms with E-state index in [0.29, 0.717) is 25.7 Å². The van der Waals surface area contributed by atoms with E-state index >= 15 is 0 Å². The normalized spacial score (nSPS) is 18.7. The molecule has 3 rings (SSSR count). The Kier molecular flexibility index (Phi) is 6.92. The van der Waals surface area contributed by atoms with Crippen LogP contribution in [0.5, 0.6) is 0 Å². The summed E-state index contributed by atoms with van der Waals surface area (Å²) in [7, 11) is 0. The third-order valence-electron chi connectivity index (χ3n) is 4.82. The molecule has 1 saturated carbocycles. The second-order valence-corrected chi connectivity index (χ2v) is 7.76. The number of rotatable bonds is 6. The Morgan fingerprint density at radius 3 is 2.48 bits per heavy atom. The van der Waals surface area contributed by atoms with Crippen LogP contribution in [0, 0.1) is 5.82 Å². The highest BCUT2D eigenvalue weighted by molar-refractivity contribution is 7.98. The third kappa shape index (κ3) is 5.83. The van der Waals surface area contributed by atoms with Crippen LogP contribution >= 0.6 is 11.8 Å². The van der Waals surface area contributed by atoms with Gasteiger partial charge in [0.15, 0.2) is 0 Å². The second kappa shape index (κ2) is 9.60. The number of aromatic nitrogens is 1. The molecule has 1 aromatic heterocycles. The lowest BCUT2D eigenvalue weighted by Crippen LogP contribution is -2.43. The summed E-state index contributed by atoms with van der Waals surface area (Å²) in [6.07, 6.45) is 4.59. The number of nitrogens with zero attached hydrogens (tertiary/aromatic N) is 1. The van der Waals surface area contributed by atoms with Crippen LogP contribution < -0.4 is 16.0 Å². The van der Waals surface area contributed by atoms with Crippen molar-refractivity contribution < 1.29 is 19.1 Å². The van der Waals surface area contributed by atoms with Gasteiger partial charge in [-0.3, -0.25) is 4.79 Å². The second-order valence-electron chi connectivity index (χ2n) is 6.88. The highest BCUT2D eigenvalue weighted by Crippen LogP contribution is 2.25. The molecule has 0 atom stereocenters. The van der Waals surface area contributed by atoms with Gasteiger partial charge in [-0.25, -0.2) is 14.2 Å². The summed E-state index contributed by atoms with van der Waals surface area (Å²) in [5.74, 6) is -0.716. The average molecular weight is 418 g/mol. The van der Waals surface area contributed by atoms with Crippen molar-refractivity contribution in [1.82, 2.24) is 15.6 Å². The minimum Gasteiger partial charge on any atom is -0.465 e. The molecule has 0 radical (unpaired) electrons. The lowest BCUT2D eigenvalue weighted by Gasteiger charge is -2.29. The van der Waals surface area contributed by atoms with Gasteiger partial charge in [0.2, 0.25) is 0 Å². The van der Waals surface area contributed by atoms with Crippen LogP contribution in [0.25, 0.3) is 0 Å². The fraction of sp³-hybridized carbons (Fsp3) is 0.350. The van der Waals surface area contributed by atoms with Crippen molar-refractivity contribution in [2.45, 2.75) is 42.7 Å². The number of halogens is 1. The fourth-order valence-corrected chi connectivity index (χ4v) is 3.83. The standard InChI is InChI=1S/C20H23FN4O3S/c1-29-16-4-2-3-15(10-16)23-18-17(9-12(21)11-22-18)19(26)24-13-5-7-14(8-6-13)25-20(27)28/h2-4,9-11,13-14,25H,5-8H2,1H3,(H,22,23)(H,24,26)(H,27,28). The zero-order valence-electron chi connectivity index (χ0n) is 15.9. The van der Waals surface area contributed by atoms with Gasteiger partial charge in [0.1, 0.15) is 11.6 Å². The average Bonchev–Trinajstić information content (AvgIpc) is 2.70. The molecule has 4 N–H and O–H groups in total. The molecule has 2 amide bonds. The summed E-state index contributed by atoms with van der Waals surface area (Å²) >= 11 is 1.59. The van der Waals surface area contributed by atoms with Crippen LogP contribution in [0.4, 0.5) is 20.7 Å². The van der Waals surface area contributed by atoms with E-state index in [1.807, 2.05) is 30.5 Å². The van der Waals surface area contributed by atoms with E-state index in [9.17, 15) is 14.0 Å². The van der Waals surface area contributed by atoms with E-state index in [-0.39, 0.29) is 23.5 Å². The molecular weight excluding hydrogens is 395 g/mol. The van der Waals surface area contributed by atoms with Gasteiger partial charge < -0.3 is 21.1 Å². The number of hydrogen-bond donors (Lipinski definition) is 4. The van der Waals surface area contributed by atoms with Gasteiger partial charge in [-0.2, -0.15) is 0 Å². The summed E-state index contributed by atoms with van der Waals surface area (Å²) in [4.78, 5) is 28.6. The topological polar surface area (TPSA) is 103 Å². The monoisotopic (exact) mass is 418 g/mol. The number of carbonyl (C=O) groups excluding carboxylic acids is 1. The molecule has 154 valence electrons. The molecule has 0 unspecified atom stereocenters. The Hall–Kier alpha value is -2.81. The molecule has 1 aromatic carbocycles. The van der Waals surface area contributed by atoms with E-state index in [1.165, 1.54) is 6.07 Å². The third-order valence-corrected chi connectivity index (χ3v) is 5.55. The maximum absolute atomic E-state index is 13.8. The molecule has 9 heteroatoms. The molecule has 1 heterocycles. The molecule has 0 aliphatic heterocycles. The number of carboxylic acid groups (broad SMARTS) is 1. The van der Waals surface area contributed by atoms with Crippen molar-refractivity contribution in [1.29, 1.82) is 0 Å². The molecule has 1 aliphatic carbocycles. The van der Waals surface area contributed by atoms with Crippen molar-refractivity contribution >= 4 is 35.3 Å². The molecule has 1 aliphatic rings. The quantitative estimate of drug-likeness (QED) is 0.529. The predicted molar refractivity (Wildman–Crippen MR) is 110 cm³/mol. The molecule has 0 bridgehead atoms. The number of pyridine rings is 1. The number of carbonyl (C=O) groups is 2. The van der Waals surface area contributed by atoms with Gasteiger partial charge >= 0.3 is 6.09 Å². The SMILES string of the molecule is CSc1cccc(Nc2ncc(F)cc2C(=O)NC2CCC(NC(=O)O)CC2)c1. The first-order valence-electron chi connectivity index (χ1n) is 9.31. The van der Waals surface area contributed by atoms with E-state index in [4.69, 9.17) is 5.11 Å². The van der Waals surface area contributed by atoms with Crippen LogP contribution in [0.3, 0.4) is 0 Å². The molecule has 7 nitrogen and oxygen atoms in total. The van der Waals surface area contributed by atoms with E-state index in [1.54, 1.807) is 11.8 Å². The van der Waals surface area contributed by atoms with Gasteiger partial charge in [-0.05, 0) is 56.2 Å². The Labute approximate surface area is 172 Å². The van der Waals surface area contributed by atoms with Crippen LogP contribution in [-0.4, -0.2) is 40.4 Å². The first kappa shape index (κ1) is 20.9. The Bertz CT molecular complexity index is 888. The summed E-state index contributed by atoms with van der Waals surface area (Å²) in [6.45, 7) is 0. The van der Waals surface area contributed by atoms with Crippen LogP contribution in [0.2, 0.25) is 0 Å². The predicted octanol–water partition coefficient (Wildman–Crippen LogP) is 3.99. The number of anilines is 2. The van der Waals surface area contributed by atoms with Crippen molar-refractivity contribution in [2.75, 3.05) is 11.6 Å². The number of amides is 2. The van der Waals surface area contributed by atoms with Crippen molar-refractivity contribution in [3.8, 4) is 0 Å². The summed E-state index contributed by atoms with van der Waals surface area (Å²) in [6, 6.07) is 8.61. The molecular formula is C20H23FN4O3S. The van der Waals surface area contributed by atoms with E-state index in [0.717, 1.165) is 16.8 Å².